The third-order valence-corrected chi connectivity index (χ3v) is 4.75. The van der Waals surface area contributed by atoms with Crippen LogP contribution >= 0.6 is 0 Å². The van der Waals surface area contributed by atoms with E-state index in [1.165, 1.54) is 0 Å². The molecular formula is C22H25NO5. The first-order valence-electron chi connectivity index (χ1n) is 9.49. The Morgan fingerprint density at radius 1 is 1.18 bits per heavy atom. The molecule has 0 aromatic heterocycles. The first-order valence-corrected chi connectivity index (χ1v) is 9.49. The number of rotatable bonds is 8. The molecule has 2 aromatic rings. The summed E-state index contributed by atoms with van der Waals surface area (Å²) in [6.07, 6.45) is 2.71. The Morgan fingerprint density at radius 2 is 1.89 bits per heavy atom. The van der Waals surface area contributed by atoms with Crippen LogP contribution in [0.15, 0.2) is 48.5 Å². The molecule has 0 aliphatic carbocycles. The molecule has 0 spiro atoms. The van der Waals surface area contributed by atoms with Crippen LogP contribution in [0.4, 0.5) is 5.69 Å². The number of nitrogens with one attached hydrogen (secondary N) is 1. The van der Waals surface area contributed by atoms with E-state index in [1.807, 2.05) is 12.1 Å². The van der Waals surface area contributed by atoms with E-state index in [2.05, 4.69) is 5.32 Å². The van der Waals surface area contributed by atoms with E-state index in [9.17, 15) is 9.59 Å². The first-order chi connectivity index (χ1) is 13.5. The summed E-state index contributed by atoms with van der Waals surface area (Å²) in [5.41, 5.74) is 2.11. The molecule has 0 saturated carbocycles. The molecule has 1 aliphatic rings. The normalized spacial score (nSPS) is 17.1. The van der Waals surface area contributed by atoms with Crippen LogP contribution in [0.25, 0.3) is 0 Å². The summed E-state index contributed by atoms with van der Waals surface area (Å²) in [7, 11) is 0. The van der Waals surface area contributed by atoms with E-state index in [0.717, 1.165) is 25.0 Å². The smallest absolute Gasteiger partial charge is 0.306 e. The van der Waals surface area contributed by atoms with Gasteiger partial charge in [-0.2, -0.15) is 0 Å². The molecule has 3 rings (SSSR count). The van der Waals surface area contributed by atoms with Gasteiger partial charge in [0, 0.05) is 17.9 Å². The van der Waals surface area contributed by atoms with Crippen molar-refractivity contribution in [2.24, 2.45) is 5.92 Å². The van der Waals surface area contributed by atoms with E-state index in [-0.39, 0.29) is 12.0 Å². The van der Waals surface area contributed by atoms with E-state index in [0.29, 0.717) is 30.0 Å². The average molecular weight is 383 g/mol. The second-order valence-corrected chi connectivity index (χ2v) is 7.06. The number of hydrogen-bond donors (Lipinski definition) is 2. The molecule has 6 nitrogen and oxygen atoms in total. The Balaban J connectivity index is 1.51. The van der Waals surface area contributed by atoms with Gasteiger partial charge in [0.1, 0.15) is 12.4 Å². The Morgan fingerprint density at radius 3 is 2.50 bits per heavy atom. The number of amides is 1. The molecule has 6 heteroatoms. The third kappa shape index (κ3) is 5.57. The van der Waals surface area contributed by atoms with Gasteiger partial charge in [-0.25, -0.2) is 0 Å². The lowest BCUT2D eigenvalue weighted by Crippen LogP contribution is -2.16. The van der Waals surface area contributed by atoms with E-state index in [1.54, 1.807) is 43.3 Å². The highest BCUT2D eigenvalue weighted by molar-refractivity contribution is 6.04. The Labute approximate surface area is 164 Å². The fourth-order valence-corrected chi connectivity index (χ4v) is 3.04. The maximum Gasteiger partial charge on any atom is 0.306 e. The molecule has 1 amide bonds. The zero-order chi connectivity index (χ0) is 19.9. The van der Waals surface area contributed by atoms with Crippen molar-refractivity contribution >= 4 is 17.6 Å². The van der Waals surface area contributed by atoms with Crippen molar-refractivity contribution in [1.29, 1.82) is 0 Å². The van der Waals surface area contributed by atoms with Gasteiger partial charge in [0.15, 0.2) is 0 Å². The van der Waals surface area contributed by atoms with Gasteiger partial charge < -0.3 is 19.9 Å². The highest BCUT2D eigenvalue weighted by Crippen LogP contribution is 2.18. The monoisotopic (exact) mass is 383 g/mol. The largest absolute Gasteiger partial charge is 0.491 e. The first kappa shape index (κ1) is 19.9. The fraction of sp³-hybridized carbons (Fsp3) is 0.364. The van der Waals surface area contributed by atoms with Crippen LogP contribution in [0.3, 0.4) is 0 Å². The molecule has 28 heavy (non-hydrogen) atoms. The van der Waals surface area contributed by atoms with Gasteiger partial charge in [-0.15, -0.1) is 0 Å². The number of carbonyl (C=O) groups is 2. The number of carbonyl (C=O) groups excluding carboxylic acids is 1. The summed E-state index contributed by atoms with van der Waals surface area (Å²) in [4.78, 5) is 23.3. The second-order valence-electron chi connectivity index (χ2n) is 7.06. The standard InChI is InChI=1S/C22H25NO5/c1-15(22(25)26)13-16-4-8-18(9-5-16)23-21(24)17-6-10-19(11-7-17)28-14-20-3-2-12-27-20/h4-11,15,20H,2-3,12-14H2,1H3,(H,23,24)(H,25,26). The lowest BCUT2D eigenvalue weighted by atomic mass is 10.0. The minimum Gasteiger partial charge on any atom is -0.491 e. The number of carboxylic acids is 1. The summed E-state index contributed by atoms with van der Waals surface area (Å²) < 4.78 is 11.2. The van der Waals surface area contributed by atoms with Crippen molar-refractivity contribution < 1.29 is 24.2 Å². The zero-order valence-corrected chi connectivity index (χ0v) is 15.9. The van der Waals surface area contributed by atoms with E-state index >= 15 is 0 Å². The Kier molecular flexibility index (Phi) is 6.66. The molecule has 1 fully saturated rings. The minimum absolute atomic E-state index is 0.157. The molecule has 0 radical (unpaired) electrons. The van der Waals surface area contributed by atoms with Crippen LogP contribution in [0.5, 0.6) is 5.75 Å². The van der Waals surface area contributed by atoms with Crippen LogP contribution in [0, 0.1) is 5.92 Å². The summed E-state index contributed by atoms with van der Waals surface area (Å²) in [5.74, 6) is -0.761. The number of ether oxygens (including phenoxy) is 2. The van der Waals surface area contributed by atoms with Crippen molar-refractivity contribution in [3.05, 3.63) is 59.7 Å². The van der Waals surface area contributed by atoms with E-state index < -0.39 is 11.9 Å². The number of anilines is 1. The van der Waals surface area contributed by atoms with Gasteiger partial charge in [0.05, 0.1) is 12.0 Å². The van der Waals surface area contributed by atoms with Gasteiger partial charge in [0.25, 0.3) is 5.91 Å². The predicted molar refractivity (Wildman–Crippen MR) is 106 cm³/mol. The SMILES string of the molecule is CC(Cc1ccc(NC(=O)c2ccc(OCC3CCCO3)cc2)cc1)C(=O)O. The van der Waals surface area contributed by atoms with Crippen molar-refractivity contribution in [2.75, 3.05) is 18.5 Å². The van der Waals surface area contributed by atoms with Gasteiger partial charge in [-0.05, 0) is 61.2 Å². The molecule has 2 unspecified atom stereocenters. The average Bonchev–Trinajstić information content (AvgIpc) is 3.22. The number of aliphatic carboxylic acids is 1. The molecule has 1 aliphatic heterocycles. The van der Waals surface area contributed by atoms with Gasteiger partial charge in [-0.3, -0.25) is 9.59 Å². The summed E-state index contributed by atoms with van der Waals surface area (Å²) >= 11 is 0. The van der Waals surface area contributed by atoms with Crippen LogP contribution < -0.4 is 10.1 Å². The van der Waals surface area contributed by atoms with Crippen LogP contribution in [-0.4, -0.2) is 36.3 Å². The molecular weight excluding hydrogens is 358 g/mol. The predicted octanol–water partition coefficient (Wildman–Crippen LogP) is 3.76. The molecule has 2 atom stereocenters. The van der Waals surface area contributed by atoms with Crippen molar-refractivity contribution in [3.8, 4) is 5.75 Å². The maximum atomic E-state index is 12.4. The topological polar surface area (TPSA) is 84.9 Å². The Bertz CT molecular complexity index is 795. The number of hydrogen-bond acceptors (Lipinski definition) is 4. The Hall–Kier alpha value is -2.86. The molecule has 2 N–H and O–H groups in total. The van der Waals surface area contributed by atoms with Crippen molar-refractivity contribution in [1.82, 2.24) is 0 Å². The third-order valence-electron chi connectivity index (χ3n) is 4.75. The zero-order valence-electron chi connectivity index (χ0n) is 15.9. The molecule has 1 heterocycles. The summed E-state index contributed by atoms with van der Waals surface area (Å²) in [5, 5.41) is 11.8. The van der Waals surface area contributed by atoms with Crippen molar-refractivity contribution in [3.63, 3.8) is 0 Å². The van der Waals surface area contributed by atoms with Crippen LogP contribution in [0.1, 0.15) is 35.7 Å². The minimum atomic E-state index is -0.819. The van der Waals surface area contributed by atoms with E-state index in [4.69, 9.17) is 14.6 Å². The summed E-state index contributed by atoms with van der Waals surface area (Å²) in [6.45, 7) is 3.00. The van der Waals surface area contributed by atoms with Gasteiger partial charge >= 0.3 is 5.97 Å². The fourth-order valence-electron chi connectivity index (χ4n) is 3.04. The summed E-state index contributed by atoms with van der Waals surface area (Å²) in [6, 6.07) is 14.2. The van der Waals surface area contributed by atoms with Crippen molar-refractivity contribution in [2.45, 2.75) is 32.3 Å². The van der Waals surface area contributed by atoms with Crippen LogP contribution in [-0.2, 0) is 16.0 Å². The van der Waals surface area contributed by atoms with Gasteiger partial charge in [-0.1, -0.05) is 19.1 Å². The molecule has 1 saturated heterocycles. The molecule has 148 valence electrons. The second kappa shape index (κ2) is 9.37. The lowest BCUT2D eigenvalue weighted by molar-refractivity contribution is -0.141. The lowest BCUT2D eigenvalue weighted by Gasteiger charge is -2.12. The van der Waals surface area contributed by atoms with Gasteiger partial charge in [0.2, 0.25) is 0 Å². The highest BCUT2D eigenvalue weighted by atomic mass is 16.5. The highest BCUT2D eigenvalue weighted by Gasteiger charge is 2.16. The molecule has 2 aromatic carbocycles. The maximum absolute atomic E-state index is 12.4. The quantitative estimate of drug-likeness (QED) is 0.725. The number of carboxylic acid groups (broad SMARTS) is 1. The molecule has 0 bridgehead atoms. The number of benzene rings is 2. The van der Waals surface area contributed by atoms with Crippen LogP contribution in [0.2, 0.25) is 0 Å².